The molecule has 1 aromatic rings. The molecule has 2 aliphatic heterocycles. The third-order valence-electron chi connectivity index (χ3n) is 3.77. The van der Waals surface area contributed by atoms with Crippen LogP contribution in [0.25, 0.3) is 6.08 Å². The zero-order valence-corrected chi connectivity index (χ0v) is 13.9. The number of carboxylic acid groups (broad SMARTS) is 1. The van der Waals surface area contributed by atoms with E-state index in [2.05, 4.69) is 9.89 Å². The Morgan fingerprint density at radius 2 is 1.96 bits per heavy atom. The first-order chi connectivity index (χ1) is 11.6. The molecule has 126 valence electrons. The molecule has 6 nitrogen and oxygen atoms in total. The maximum atomic E-state index is 12.1. The monoisotopic (exact) mass is 345 g/mol. The summed E-state index contributed by atoms with van der Waals surface area (Å²) < 4.78 is 5.03. The molecule has 1 amide bonds. The van der Waals surface area contributed by atoms with Gasteiger partial charge in [0, 0.05) is 13.1 Å². The number of aliphatic carboxylic acids is 1. The molecule has 1 fully saturated rings. The van der Waals surface area contributed by atoms with Gasteiger partial charge in [-0.3, -0.25) is 4.79 Å². The number of aliphatic imine (C=N–C) groups is 1. The van der Waals surface area contributed by atoms with Crippen molar-refractivity contribution >= 4 is 34.9 Å². The predicted octanol–water partition coefficient (Wildman–Crippen LogP) is 1.27. The van der Waals surface area contributed by atoms with Gasteiger partial charge in [0.1, 0.15) is 12.4 Å². The van der Waals surface area contributed by atoms with Gasteiger partial charge in [-0.25, -0.2) is 0 Å². The number of thioether (sulfide) groups is 1. The molecule has 24 heavy (non-hydrogen) atoms. The Hall–Kier alpha value is -2.28. The van der Waals surface area contributed by atoms with Crippen molar-refractivity contribution in [2.24, 2.45) is 4.99 Å². The summed E-state index contributed by atoms with van der Waals surface area (Å²) in [6, 6.07) is 6.85. The first-order valence-corrected chi connectivity index (χ1v) is 8.64. The maximum Gasteiger partial charge on any atom is 0.286 e. The van der Waals surface area contributed by atoms with Crippen molar-refractivity contribution in [3.05, 3.63) is 34.7 Å². The molecule has 0 radical (unpaired) electrons. The first kappa shape index (κ1) is 16.6. The molecule has 1 saturated heterocycles. The lowest BCUT2D eigenvalue weighted by Gasteiger charge is -2.27. The maximum absolute atomic E-state index is 12.1. The fraction of sp³-hybridized carbons (Fsp3) is 0.353. The zero-order chi connectivity index (χ0) is 16.9. The van der Waals surface area contributed by atoms with Crippen LogP contribution in [0, 0.1) is 0 Å². The second-order valence-electron chi connectivity index (χ2n) is 5.59. The number of carboxylic acids is 1. The Morgan fingerprint density at radius 3 is 2.62 bits per heavy atom. The van der Waals surface area contributed by atoms with Gasteiger partial charge < -0.3 is 19.5 Å². The molecule has 0 bridgehead atoms. The molecule has 0 aliphatic carbocycles. The van der Waals surface area contributed by atoms with Crippen LogP contribution in [0.5, 0.6) is 5.75 Å². The summed E-state index contributed by atoms with van der Waals surface area (Å²) in [4.78, 5) is 29.4. The number of ether oxygens (including phenoxy) is 1. The molecule has 0 saturated carbocycles. The highest BCUT2D eigenvalue weighted by Gasteiger charge is 2.26. The second-order valence-corrected chi connectivity index (χ2v) is 6.60. The van der Waals surface area contributed by atoms with E-state index in [0.29, 0.717) is 10.7 Å². The van der Waals surface area contributed by atoms with Crippen molar-refractivity contribution in [1.82, 2.24) is 4.90 Å². The minimum Gasteiger partial charge on any atom is -0.546 e. The van der Waals surface area contributed by atoms with Crippen LogP contribution in [-0.2, 0) is 9.59 Å². The number of amides is 1. The number of amidine groups is 1. The molecule has 3 rings (SSSR count). The van der Waals surface area contributed by atoms with E-state index in [-0.39, 0.29) is 5.91 Å². The average molecular weight is 345 g/mol. The third kappa shape index (κ3) is 4.17. The summed E-state index contributed by atoms with van der Waals surface area (Å²) in [7, 11) is 0. The summed E-state index contributed by atoms with van der Waals surface area (Å²) in [6.45, 7) is 1.43. The Kier molecular flexibility index (Phi) is 5.20. The van der Waals surface area contributed by atoms with Crippen LogP contribution < -0.4 is 9.84 Å². The SMILES string of the molecule is O=C([O-])COc1ccc(/C=C2\SC(N3CCCCC3)=NC2=O)cc1. The van der Waals surface area contributed by atoms with Crippen LogP contribution in [-0.4, -0.2) is 41.6 Å². The van der Waals surface area contributed by atoms with Gasteiger partial charge in [0.15, 0.2) is 5.17 Å². The lowest BCUT2D eigenvalue weighted by atomic mass is 10.1. The molecule has 0 spiro atoms. The number of hydrogen-bond donors (Lipinski definition) is 0. The van der Waals surface area contributed by atoms with Crippen molar-refractivity contribution in [3.63, 3.8) is 0 Å². The van der Waals surface area contributed by atoms with Crippen molar-refractivity contribution < 1.29 is 19.4 Å². The zero-order valence-electron chi connectivity index (χ0n) is 13.1. The van der Waals surface area contributed by atoms with Crippen LogP contribution in [0.15, 0.2) is 34.2 Å². The molecule has 0 atom stereocenters. The fourth-order valence-electron chi connectivity index (χ4n) is 2.57. The van der Waals surface area contributed by atoms with E-state index in [1.807, 2.05) is 0 Å². The number of piperidine rings is 1. The van der Waals surface area contributed by atoms with Gasteiger partial charge in [-0.2, -0.15) is 4.99 Å². The third-order valence-corrected chi connectivity index (χ3v) is 4.81. The summed E-state index contributed by atoms with van der Waals surface area (Å²) in [6.07, 6.45) is 5.30. The number of benzene rings is 1. The largest absolute Gasteiger partial charge is 0.546 e. The number of likely N-dealkylation sites (tertiary alicyclic amines) is 1. The van der Waals surface area contributed by atoms with Gasteiger partial charge in [0.05, 0.1) is 10.9 Å². The van der Waals surface area contributed by atoms with Crippen molar-refractivity contribution in [1.29, 1.82) is 0 Å². The molecule has 0 aromatic heterocycles. The molecule has 1 aromatic carbocycles. The van der Waals surface area contributed by atoms with Gasteiger partial charge in [0.2, 0.25) is 0 Å². The smallest absolute Gasteiger partial charge is 0.286 e. The predicted molar refractivity (Wildman–Crippen MR) is 90.4 cm³/mol. The van der Waals surface area contributed by atoms with E-state index in [0.717, 1.165) is 36.7 Å². The Balaban J connectivity index is 1.64. The average Bonchev–Trinajstić information content (AvgIpc) is 2.96. The standard InChI is InChI=1S/C17H18N2O4S/c20-15(21)11-23-13-6-4-12(5-7-13)10-14-16(22)18-17(24-14)19-8-2-1-3-9-19/h4-7,10H,1-3,8-9,11H2,(H,20,21)/p-1/b14-10-. The number of carbonyl (C=O) groups excluding carboxylic acids is 2. The van der Waals surface area contributed by atoms with E-state index in [1.165, 1.54) is 18.2 Å². The van der Waals surface area contributed by atoms with E-state index in [1.54, 1.807) is 30.3 Å². The van der Waals surface area contributed by atoms with Gasteiger partial charge in [-0.1, -0.05) is 12.1 Å². The van der Waals surface area contributed by atoms with Crippen LogP contribution in [0.3, 0.4) is 0 Å². The minimum absolute atomic E-state index is 0.210. The van der Waals surface area contributed by atoms with Gasteiger partial charge in [-0.05, 0) is 54.8 Å². The number of carbonyl (C=O) groups is 2. The summed E-state index contributed by atoms with van der Waals surface area (Å²) >= 11 is 1.41. The van der Waals surface area contributed by atoms with E-state index < -0.39 is 12.6 Å². The van der Waals surface area contributed by atoms with Gasteiger partial charge >= 0.3 is 0 Å². The molecule has 2 aliphatic rings. The number of nitrogens with zero attached hydrogens (tertiary/aromatic N) is 2. The Bertz CT molecular complexity index is 691. The summed E-state index contributed by atoms with van der Waals surface area (Å²) in [5.41, 5.74) is 0.835. The number of hydrogen-bond acceptors (Lipinski definition) is 6. The highest BCUT2D eigenvalue weighted by molar-refractivity contribution is 8.18. The number of rotatable bonds is 4. The van der Waals surface area contributed by atoms with Crippen LogP contribution in [0.2, 0.25) is 0 Å². The van der Waals surface area contributed by atoms with Crippen molar-refractivity contribution in [2.45, 2.75) is 19.3 Å². The summed E-state index contributed by atoms with van der Waals surface area (Å²) in [5.74, 6) is -1.04. The highest BCUT2D eigenvalue weighted by atomic mass is 32.2. The fourth-order valence-corrected chi connectivity index (χ4v) is 3.54. The van der Waals surface area contributed by atoms with Crippen molar-refractivity contribution in [3.8, 4) is 5.75 Å². The topological polar surface area (TPSA) is 82.0 Å². The minimum atomic E-state index is -1.27. The van der Waals surface area contributed by atoms with E-state index in [9.17, 15) is 14.7 Å². The Labute approximate surface area is 144 Å². The van der Waals surface area contributed by atoms with Gasteiger partial charge in [0.25, 0.3) is 5.91 Å². The highest BCUT2D eigenvalue weighted by Crippen LogP contribution is 2.31. The lowest BCUT2D eigenvalue weighted by Crippen LogP contribution is -2.33. The lowest BCUT2D eigenvalue weighted by molar-refractivity contribution is -0.307. The van der Waals surface area contributed by atoms with Crippen LogP contribution >= 0.6 is 11.8 Å². The Morgan fingerprint density at radius 1 is 1.25 bits per heavy atom. The molecule has 0 N–H and O–H groups in total. The van der Waals surface area contributed by atoms with E-state index in [4.69, 9.17) is 4.74 Å². The first-order valence-electron chi connectivity index (χ1n) is 7.82. The molecule has 0 unspecified atom stereocenters. The van der Waals surface area contributed by atoms with E-state index >= 15 is 0 Å². The molecular weight excluding hydrogens is 328 g/mol. The second kappa shape index (κ2) is 7.53. The van der Waals surface area contributed by atoms with Crippen LogP contribution in [0.4, 0.5) is 0 Å². The normalized spacial score (nSPS) is 19.5. The van der Waals surface area contributed by atoms with Crippen molar-refractivity contribution in [2.75, 3.05) is 19.7 Å². The summed E-state index contributed by atoms with van der Waals surface area (Å²) in [5, 5.41) is 11.2. The molecule has 7 heteroatoms. The molecule has 2 heterocycles. The van der Waals surface area contributed by atoms with Crippen LogP contribution in [0.1, 0.15) is 24.8 Å². The molecular formula is C17H17N2O4S-. The van der Waals surface area contributed by atoms with Gasteiger partial charge in [-0.15, -0.1) is 0 Å². The quantitative estimate of drug-likeness (QED) is 0.765.